The van der Waals surface area contributed by atoms with Crippen LogP contribution in [0.25, 0.3) is 0 Å². The number of anilines is 1. The molecule has 8 heteroatoms. The smallest absolute Gasteiger partial charge is 0.387 e. The Labute approximate surface area is 146 Å². The number of ether oxygens (including phenoxy) is 2. The van der Waals surface area contributed by atoms with E-state index < -0.39 is 6.61 Å². The van der Waals surface area contributed by atoms with Crippen molar-refractivity contribution in [3.05, 3.63) is 18.2 Å². The van der Waals surface area contributed by atoms with Crippen LogP contribution in [0.15, 0.2) is 18.2 Å². The van der Waals surface area contributed by atoms with Crippen LogP contribution in [0.5, 0.6) is 11.5 Å². The molecule has 3 N–H and O–H groups in total. The highest BCUT2D eigenvalue weighted by atomic mass is 35.5. The van der Waals surface area contributed by atoms with Gasteiger partial charge in [0.1, 0.15) is 11.5 Å². The van der Waals surface area contributed by atoms with E-state index in [1.807, 2.05) is 0 Å². The van der Waals surface area contributed by atoms with Gasteiger partial charge in [0, 0.05) is 18.5 Å². The number of nitrogens with one attached hydrogen (secondary N) is 1. The molecule has 0 bridgehead atoms. The number of hydrogen-bond acceptors (Lipinski definition) is 4. The number of benzene rings is 1. The first-order valence-electron chi connectivity index (χ1n) is 7.68. The van der Waals surface area contributed by atoms with Gasteiger partial charge in [0.2, 0.25) is 5.91 Å². The van der Waals surface area contributed by atoms with E-state index in [0.29, 0.717) is 5.75 Å². The molecule has 24 heavy (non-hydrogen) atoms. The van der Waals surface area contributed by atoms with Gasteiger partial charge < -0.3 is 20.5 Å². The van der Waals surface area contributed by atoms with Crippen LogP contribution >= 0.6 is 12.4 Å². The zero-order chi connectivity index (χ0) is 16.8. The summed E-state index contributed by atoms with van der Waals surface area (Å²) in [7, 11) is 1.45. The highest BCUT2D eigenvalue weighted by molar-refractivity contribution is 5.92. The van der Waals surface area contributed by atoms with Gasteiger partial charge in [-0.15, -0.1) is 12.4 Å². The predicted octanol–water partition coefficient (Wildman–Crippen LogP) is 3.56. The van der Waals surface area contributed by atoms with Crippen molar-refractivity contribution in [2.45, 2.75) is 44.8 Å². The van der Waals surface area contributed by atoms with Crippen LogP contribution in [-0.4, -0.2) is 25.7 Å². The van der Waals surface area contributed by atoms with E-state index >= 15 is 0 Å². The van der Waals surface area contributed by atoms with Crippen LogP contribution in [0.1, 0.15) is 32.1 Å². The minimum Gasteiger partial charge on any atom is -0.497 e. The molecule has 0 aromatic heterocycles. The van der Waals surface area contributed by atoms with Crippen LogP contribution < -0.4 is 20.5 Å². The van der Waals surface area contributed by atoms with Crippen LogP contribution in [-0.2, 0) is 4.79 Å². The van der Waals surface area contributed by atoms with E-state index in [-0.39, 0.29) is 48.1 Å². The molecule has 0 aliphatic heterocycles. The lowest BCUT2D eigenvalue weighted by atomic mass is 9.83. The Bertz CT molecular complexity index is 546. The lowest BCUT2D eigenvalue weighted by molar-refractivity contribution is -0.117. The fourth-order valence-electron chi connectivity index (χ4n) is 2.86. The summed E-state index contributed by atoms with van der Waals surface area (Å²) in [6.07, 6.45) is 4.24. The second-order valence-corrected chi connectivity index (χ2v) is 5.70. The predicted molar refractivity (Wildman–Crippen MR) is 90.1 cm³/mol. The van der Waals surface area contributed by atoms with E-state index in [9.17, 15) is 13.6 Å². The summed E-state index contributed by atoms with van der Waals surface area (Å²) >= 11 is 0. The lowest BCUT2D eigenvalue weighted by Crippen LogP contribution is -2.35. The molecule has 1 saturated carbocycles. The Morgan fingerprint density at radius 1 is 1.38 bits per heavy atom. The van der Waals surface area contributed by atoms with Gasteiger partial charge in [-0.05, 0) is 30.9 Å². The topological polar surface area (TPSA) is 73.6 Å². The van der Waals surface area contributed by atoms with Crippen molar-refractivity contribution in [3.8, 4) is 11.5 Å². The molecule has 0 radical (unpaired) electrons. The second-order valence-electron chi connectivity index (χ2n) is 5.70. The molecule has 2 unspecified atom stereocenters. The number of amides is 1. The van der Waals surface area contributed by atoms with Crippen molar-refractivity contribution in [1.29, 1.82) is 0 Å². The highest BCUT2D eigenvalue weighted by Crippen LogP contribution is 2.31. The Morgan fingerprint density at radius 3 is 2.71 bits per heavy atom. The molecule has 0 spiro atoms. The molecule has 2 rings (SSSR count). The summed E-state index contributed by atoms with van der Waals surface area (Å²) in [5.74, 6) is 0.201. The van der Waals surface area contributed by atoms with Gasteiger partial charge >= 0.3 is 6.61 Å². The number of carbonyl (C=O) groups is 1. The number of alkyl halides is 2. The number of carbonyl (C=O) groups excluding carboxylic acids is 1. The number of halogens is 3. The standard InChI is InChI=1S/C16H22F2N2O3.ClH/c1-22-11-6-7-14(23-16(17)18)13(9-11)20-15(21)8-10-4-2-3-5-12(10)19;/h6-7,9-10,12,16H,2-5,8,19H2,1H3,(H,20,21);1H. The molecule has 1 aliphatic carbocycles. The van der Waals surface area contributed by atoms with Gasteiger partial charge in [0.25, 0.3) is 0 Å². The number of rotatable bonds is 6. The van der Waals surface area contributed by atoms with Crippen LogP contribution in [0.2, 0.25) is 0 Å². The van der Waals surface area contributed by atoms with Gasteiger partial charge in [-0.1, -0.05) is 12.8 Å². The molecular formula is C16H23ClF2N2O3. The van der Waals surface area contributed by atoms with Crippen molar-refractivity contribution in [2.24, 2.45) is 11.7 Å². The lowest BCUT2D eigenvalue weighted by Gasteiger charge is -2.28. The molecule has 0 heterocycles. The van der Waals surface area contributed by atoms with Crippen molar-refractivity contribution >= 4 is 24.0 Å². The summed E-state index contributed by atoms with van der Waals surface area (Å²) < 4.78 is 34.4. The molecule has 5 nitrogen and oxygen atoms in total. The molecule has 136 valence electrons. The van der Waals surface area contributed by atoms with Gasteiger partial charge in [-0.2, -0.15) is 8.78 Å². The zero-order valence-electron chi connectivity index (χ0n) is 13.5. The third-order valence-corrected chi connectivity index (χ3v) is 4.09. The van der Waals surface area contributed by atoms with E-state index in [2.05, 4.69) is 10.1 Å². The third-order valence-electron chi connectivity index (χ3n) is 4.09. The van der Waals surface area contributed by atoms with Gasteiger partial charge in [-0.25, -0.2) is 0 Å². The van der Waals surface area contributed by atoms with Crippen LogP contribution in [0.3, 0.4) is 0 Å². The maximum atomic E-state index is 12.5. The van der Waals surface area contributed by atoms with E-state index in [1.165, 1.54) is 25.3 Å². The van der Waals surface area contributed by atoms with Crippen molar-refractivity contribution < 1.29 is 23.0 Å². The molecule has 2 atom stereocenters. The minimum atomic E-state index is -2.97. The summed E-state index contributed by atoms with van der Waals surface area (Å²) in [4.78, 5) is 12.2. The molecule has 1 aromatic rings. The molecule has 1 amide bonds. The summed E-state index contributed by atoms with van der Waals surface area (Å²) in [5.41, 5.74) is 6.20. The van der Waals surface area contributed by atoms with Gasteiger partial charge in [0.05, 0.1) is 12.8 Å². The summed E-state index contributed by atoms with van der Waals surface area (Å²) in [6, 6.07) is 4.30. The average Bonchev–Trinajstić information content (AvgIpc) is 2.51. The third kappa shape index (κ3) is 5.79. The fourth-order valence-corrected chi connectivity index (χ4v) is 2.86. The first kappa shape index (κ1) is 20.4. The van der Waals surface area contributed by atoms with Crippen molar-refractivity contribution in [1.82, 2.24) is 0 Å². The largest absolute Gasteiger partial charge is 0.497 e. The Balaban J connectivity index is 0.00000288. The fraction of sp³-hybridized carbons (Fsp3) is 0.562. The molecular weight excluding hydrogens is 342 g/mol. The number of methoxy groups -OCH3 is 1. The van der Waals surface area contributed by atoms with Crippen LogP contribution in [0.4, 0.5) is 14.5 Å². The maximum absolute atomic E-state index is 12.5. The quantitative estimate of drug-likeness (QED) is 0.809. The monoisotopic (exact) mass is 364 g/mol. The van der Waals surface area contributed by atoms with E-state index in [1.54, 1.807) is 0 Å². The SMILES string of the molecule is COc1ccc(OC(F)F)c(NC(=O)CC2CCCCC2N)c1.Cl. The Hall–Kier alpha value is -1.60. The van der Waals surface area contributed by atoms with Crippen LogP contribution in [0, 0.1) is 5.92 Å². The first-order chi connectivity index (χ1) is 11.0. The minimum absolute atomic E-state index is 0. The molecule has 1 aliphatic rings. The number of hydrogen-bond donors (Lipinski definition) is 2. The summed E-state index contributed by atoms with van der Waals surface area (Å²) in [6.45, 7) is -2.97. The summed E-state index contributed by atoms with van der Waals surface area (Å²) in [5, 5.41) is 2.63. The maximum Gasteiger partial charge on any atom is 0.387 e. The Kier molecular flexibility index (Phi) is 8.21. The van der Waals surface area contributed by atoms with Crippen molar-refractivity contribution in [2.75, 3.05) is 12.4 Å². The number of nitrogens with two attached hydrogens (primary N) is 1. The Morgan fingerprint density at radius 2 is 2.08 bits per heavy atom. The van der Waals surface area contributed by atoms with E-state index in [4.69, 9.17) is 10.5 Å². The van der Waals surface area contributed by atoms with Gasteiger partial charge in [-0.3, -0.25) is 4.79 Å². The normalized spacial score (nSPS) is 20.2. The van der Waals surface area contributed by atoms with Crippen molar-refractivity contribution in [3.63, 3.8) is 0 Å². The molecule has 0 saturated heterocycles. The van der Waals surface area contributed by atoms with E-state index in [0.717, 1.165) is 25.7 Å². The van der Waals surface area contributed by atoms with Gasteiger partial charge in [0.15, 0.2) is 0 Å². The highest BCUT2D eigenvalue weighted by Gasteiger charge is 2.24. The average molecular weight is 365 g/mol. The first-order valence-corrected chi connectivity index (χ1v) is 7.68. The molecule has 1 fully saturated rings. The second kappa shape index (κ2) is 9.64. The molecule has 1 aromatic carbocycles. The zero-order valence-corrected chi connectivity index (χ0v) is 14.3.